The van der Waals surface area contributed by atoms with Crippen LogP contribution in [0.2, 0.25) is 0 Å². The first-order valence-electron chi connectivity index (χ1n) is 12.6. The van der Waals surface area contributed by atoms with E-state index in [1.165, 1.54) is 30.0 Å². The molecular formula is C22H31N6O12P3. The van der Waals surface area contributed by atoms with E-state index in [1.54, 1.807) is 12.1 Å². The maximum atomic E-state index is 12.7. The number of imidazole rings is 1. The van der Waals surface area contributed by atoms with Gasteiger partial charge in [0, 0.05) is 13.5 Å². The average molecular weight is 664 g/mol. The summed E-state index contributed by atoms with van der Waals surface area (Å²) in [5, 5.41) is 23.5. The average Bonchev–Trinajstić information content (AvgIpc) is 3.44. The van der Waals surface area contributed by atoms with Crippen molar-refractivity contribution in [1.29, 1.82) is 0 Å². The predicted octanol–water partition coefficient (Wildman–Crippen LogP) is 0.453. The Hall–Kier alpha value is -2.59. The Morgan fingerprint density at radius 1 is 1.07 bits per heavy atom. The topological polar surface area (TPSA) is 279 Å². The van der Waals surface area contributed by atoms with Crippen molar-refractivity contribution in [2.45, 2.75) is 44.0 Å². The van der Waals surface area contributed by atoms with Gasteiger partial charge in [-0.05, 0) is 17.5 Å². The fourth-order valence-corrected chi connectivity index (χ4v) is 10.2. The quantitative estimate of drug-likeness (QED) is 0.122. The number of amides is 1. The third-order valence-electron chi connectivity index (χ3n) is 6.27. The molecule has 8 N–H and O–H groups in total. The Morgan fingerprint density at radius 3 is 2.42 bits per heavy atom. The number of nitrogens with two attached hydrogens (primary N) is 1. The van der Waals surface area contributed by atoms with E-state index in [4.69, 9.17) is 15.0 Å². The molecule has 0 aliphatic carbocycles. The van der Waals surface area contributed by atoms with Crippen molar-refractivity contribution in [3.8, 4) is 0 Å². The van der Waals surface area contributed by atoms with E-state index >= 15 is 0 Å². The molecule has 21 heteroatoms. The van der Waals surface area contributed by atoms with Crippen molar-refractivity contribution in [1.82, 2.24) is 24.8 Å². The lowest BCUT2D eigenvalue weighted by atomic mass is 10.1. The molecule has 1 saturated heterocycles. The number of aliphatic hydroxyl groups excluding tert-OH is 2. The van der Waals surface area contributed by atoms with Crippen LogP contribution < -0.4 is 11.1 Å². The summed E-state index contributed by atoms with van der Waals surface area (Å²) in [5.74, 6) is -1.46. The number of rotatable bonds is 13. The zero-order chi connectivity index (χ0) is 31.6. The number of aliphatic hydroxyl groups is 2. The van der Waals surface area contributed by atoms with Crippen LogP contribution in [0, 0.1) is 0 Å². The van der Waals surface area contributed by atoms with Crippen molar-refractivity contribution in [2.24, 2.45) is 0 Å². The van der Waals surface area contributed by atoms with Crippen molar-refractivity contribution in [3.05, 3.63) is 48.0 Å². The molecule has 3 aromatic rings. The third-order valence-corrected chi connectivity index (χ3v) is 12.6. The van der Waals surface area contributed by atoms with Gasteiger partial charge in [-0.25, -0.2) is 23.8 Å². The van der Waals surface area contributed by atoms with Crippen molar-refractivity contribution >= 4 is 45.7 Å². The van der Waals surface area contributed by atoms with Crippen molar-refractivity contribution in [2.75, 3.05) is 24.8 Å². The number of anilines is 1. The number of carbonyl (C=O) groups excluding carboxylic acids is 1. The molecule has 18 nitrogen and oxygen atoms in total. The van der Waals surface area contributed by atoms with Crippen LogP contribution >= 0.6 is 22.8 Å². The van der Waals surface area contributed by atoms with Gasteiger partial charge in [0.2, 0.25) is 13.3 Å². The number of fused-ring (bicyclic) bond motifs is 1. The number of hydrogen-bond acceptors (Lipinski definition) is 13. The number of nitrogens with zero attached hydrogens (tertiary/aromatic N) is 4. The first kappa shape index (κ1) is 33.3. The number of carbonyl (C=O) groups is 1. The Balaban J connectivity index is 1.32. The number of aromatic nitrogens is 4. The minimum Gasteiger partial charge on any atom is -0.387 e. The highest BCUT2D eigenvalue weighted by atomic mass is 31.3. The molecule has 1 aromatic carbocycles. The van der Waals surface area contributed by atoms with Crippen LogP contribution in [0.1, 0.15) is 24.3 Å². The van der Waals surface area contributed by atoms with Gasteiger partial charge >= 0.3 is 15.4 Å². The zero-order valence-electron chi connectivity index (χ0n) is 22.6. The lowest BCUT2D eigenvalue weighted by Gasteiger charge is -2.21. The second kappa shape index (κ2) is 13.2. The summed E-state index contributed by atoms with van der Waals surface area (Å²) >= 11 is 0. The van der Waals surface area contributed by atoms with Gasteiger partial charge in [0.25, 0.3) is 0 Å². The fourth-order valence-electron chi connectivity index (χ4n) is 4.34. The van der Waals surface area contributed by atoms with E-state index in [2.05, 4.69) is 24.6 Å². The second-order valence-corrected chi connectivity index (χ2v) is 16.1. The number of hydrogen-bond donors (Lipinski definition) is 7. The number of phosphoric acid groups is 1. The number of nitrogens with one attached hydrogen (secondary N) is 1. The molecule has 3 heterocycles. The highest BCUT2D eigenvalue weighted by Crippen LogP contribution is 2.66. The summed E-state index contributed by atoms with van der Waals surface area (Å²) in [4.78, 5) is 53.3. The van der Waals surface area contributed by atoms with Gasteiger partial charge < -0.3 is 40.7 Å². The van der Waals surface area contributed by atoms with E-state index < -0.39 is 66.0 Å². The smallest absolute Gasteiger partial charge is 0.387 e. The number of nitrogen functional groups attached to an aromatic ring is 1. The van der Waals surface area contributed by atoms with Gasteiger partial charge in [-0.1, -0.05) is 24.3 Å². The van der Waals surface area contributed by atoms with Crippen molar-refractivity contribution in [3.63, 3.8) is 0 Å². The Bertz CT molecular complexity index is 1600. The summed E-state index contributed by atoms with van der Waals surface area (Å²) in [6, 6.07) is 6.42. The normalized spacial score (nSPS) is 24.7. The first-order chi connectivity index (χ1) is 20.1. The van der Waals surface area contributed by atoms with E-state index in [1.807, 2.05) is 0 Å². The maximum absolute atomic E-state index is 12.7. The molecule has 1 fully saturated rings. The third kappa shape index (κ3) is 8.75. The van der Waals surface area contributed by atoms with Gasteiger partial charge in [-0.2, -0.15) is 0 Å². The number of phosphoric ester groups is 1. The molecule has 43 heavy (non-hydrogen) atoms. The van der Waals surface area contributed by atoms with E-state index in [-0.39, 0.29) is 22.9 Å². The molecule has 0 bridgehead atoms. The molecule has 0 spiro atoms. The fraction of sp³-hybridized carbons (Fsp3) is 0.455. The standard InChI is InChI=1S/C22H31N6O12P3/c1-13(29)24-7-6-14-2-4-15(5-3-14)9-41(32,33)12-42(34,35)40-43(36,37)38-8-16-18(30)19(31)22(39-16)28-11-27-17-20(23)25-10-26-21(17)28/h2-5,10-11,16,18-19,22,30-31H,6-9,12H2,1H3,(H,24,29)(H,32,33)(H,34,35)(H,36,37)(H2,23,25,26). The molecule has 7 atom stereocenters. The largest absolute Gasteiger partial charge is 0.479 e. The molecule has 0 radical (unpaired) electrons. The molecule has 7 unspecified atom stereocenters. The van der Waals surface area contributed by atoms with Crippen LogP contribution in [0.4, 0.5) is 5.82 Å². The van der Waals surface area contributed by atoms with Crippen LogP contribution in [0.25, 0.3) is 11.2 Å². The van der Waals surface area contributed by atoms with E-state index in [0.29, 0.717) is 18.5 Å². The number of benzene rings is 1. The summed E-state index contributed by atoms with van der Waals surface area (Å²) in [7, 11) is -14.9. The Labute approximate surface area is 244 Å². The van der Waals surface area contributed by atoms with Crippen LogP contribution in [0.5, 0.6) is 0 Å². The summed E-state index contributed by atoms with van der Waals surface area (Å²) in [6.07, 6.45) is -3.51. The molecular weight excluding hydrogens is 633 g/mol. The van der Waals surface area contributed by atoms with Gasteiger partial charge in [-0.3, -0.25) is 23.0 Å². The van der Waals surface area contributed by atoms with Crippen LogP contribution in [0.3, 0.4) is 0 Å². The summed E-state index contributed by atoms with van der Waals surface area (Å²) < 4.78 is 53.6. The molecule has 236 valence electrons. The molecule has 2 aromatic heterocycles. The van der Waals surface area contributed by atoms with Gasteiger partial charge in [0.15, 0.2) is 17.7 Å². The second-order valence-electron chi connectivity index (χ2n) is 9.81. The van der Waals surface area contributed by atoms with Crippen LogP contribution in [-0.2, 0) is 44.6 Å². The summed E-state index contributed by atoms with van der Waals surface area (Å²) in [6.45, 7) is 0.916. The molecule has 0 saturated carbocycles. The van der Waals surface area contributed by atoms with E-state index in [9.17, 15) is 43.4 Å². The minimum absolute atomic E-state index is 0.0593. The lowest BCUT2D eigenvalue weighted by molar-refractivity contribution is -0.118. The van der Waals surface area contributed by atoms with Gasteiger partial charge in [0.1, 0.15) is 36.1 Å². The minimum atomic E-state index is -5.34. The predicted molar refractivity (Wildman–Crippen MR) is 150 cm³/mol. The molecule has 1 aliphatic heterocycles. The highest BCUT2D eigenvalue weighted by molar-refractivity contribution is 7.75. The lowest BCUT2D eigenvalue weighted by Crippen LogP contribution is -2.33. The Kier molecular flexibility index (Phi) is 10.2. The number of ether oxygens (including phenoxy) is 1. The molecule has 4 rings (SSSR count). The summed E-state index contributed by atoms with van der Waals surface area (Å²) in [5.41, 5.74) is 7.33. The Morgan fingerprint density at radius 2 is 1.74 bits per heavy atom. The molecule has 1 aliphatic rings. The van der Waals surface area contributed by atoms with Crippen LogP contribution in [0.15, 0.2) is 36.9 Å². The monoisotopic (exact) mass is 664 g/mol. The van der Waals surface area contributed by atoms with E-state index in [0.717, 1.165) is 11.9 Å². The highest BCUT2D eigenvalue weighted by Gasteiger charge is 2.46. The van der Waals surface area contributed by atoms with Gasteiger partial charge in [-0.15, -0.1) is 0 Å². The zero-order valence-corrected chi connectivity index (χ0v) is 25.3. The molecule has 1 amide bonds. The maximum Gasteiger partial charge on any atom is 0.479 e. The van der Waals surface area contributed by atoms with Crippen LogP contribution in [-0.4, -0.2) is 87.7 Å². The first-order valence-corrected chi connectivity index (χ1v) is 17.9. The van der Waals surface area contributed by atoms with Crippen molar-refractivity contribution < 1.29 is 57.0 Å². The SMILES string of the molecule is CC(=O)NCCc1ccc(CP(=O)(O)CP(=O)(O)OP(=O)(O)OCC2OC(n3cnc4c(N)ncnc43)C(O)C2O)cc1. The van der Waals surface area contributed by atoms with Gasteiger partial charge in [0.05, 0.1) is 19.1 Å².